The van der Waals surface area contributed by atoms with E-state index >= 15 is 0 Å². The van der Waals surface area contributed by atoms with Crippen LogP contribution in [0.1, 0.15) is 38.2 Å². The molecule has 0 aromatic heterocycles. The lowest BCUT2D eigenvalue weighted by atomic mass is 9.77. The molecule has 26 heavy (non-hydrogen) atoms. The first kappa shape index (κ1) is 19.7. The van der Waals surface area contributed by atoms with Crippen LogP contribution in [0.5, 0.6) is 0 Å². The molecule has 0 aliphatic rings. The number of carbonyl (C=O) groups excluding carboxylic acids is 1. The van der Waals surface area contributed by atoms with E-state index in [1.54, 1.807) is 0 Å². The van der Waals surface area contributed by atoms with Crippen LogP contribution in [0.3, 0.4) is 0 Å². The fraction of sp³-hybridized carbons (Fsp3) is 0.333. The second-order valence-electron chi connectivity index (χ2n) is 6.49. The van der Waals surface area contributed by atoms with Gasteiger partial charge in [0.1, 0.15) is 0 Å². The third kappa shape index (κ3) is 4.49. The zero-order chi connectivity index (χ0) is 19.0. The topological polar surface area (TPSA) is 89.6 Å². The predicted molar refractivity (Wildman–Crippen MR) is 100 cm³/mol. The van der Waals surface area contributed by atoms with Gasteiger partial charge in [0.25, 0.3) is 0 Å². The Hall–Kier alpha value is -2.66. The van der Waals surface area contributed by atoms with E-state index in [4.69, 9.17) is 5.90 Å². The molecule has 0 amide bonds. The summed E-state index contributed by atoms with van der Waals surface area (Å²) in [7, 11) is 0. The molecule has 1 atom stereocenters. The van der Waals surface area contributed by atoms with Gasteiger partial charge in [0.15, 0.2) is 5.41 Å². The van der Waals surface area contributed by atoms with Crippen molar-refractivity contribution >= 4 is 11.9 Å². The average molecular weight is 355 g/mol. The summed E-state index contributed by atoms with van der Waals surface area (Å²) in [5, 5.41) is 9.76. The summed E-state index contributed by atoms with van der Waals surface area (Å²) in [6.45, 7) is 2.02. The Morgan fingerprint density at radius 1 is 1.00 bits per heavy atom. The fourth-order valence-corrected chi connectivity index (χ4v) is 3.12. The number of hydrogen-bond donors (Lipinski definition) is 2. The lowest BCUT2D eigenvalue weighted by molar-refractivity contribution is -0.170. The smallest absolute Gasteiger partial charge is 0.342 e. The van der Waals surface area contributed by atoms with E-state index in [1.165, 1.54) is 0 Å². The minimum Gasteiger partial charge on any atom is -0.480 e. The molecule has 138 valence electrons. The fourth-order valence-electron chi connectivity index (χ4n) is 3.12. The Kier molecular flexibility index (Phi) is 6.92. The second kappa shape index (κ2) is 9.15. The Bertz CT molecular complexity index is 727. The van der Waals surface area contributed by atoms with Crippen molar-refractivity contribution in [1.82, 2.24) is 0 Å². The highest BCUT2D eigenvalue weighted by molar-refractivity contribution is 5.99. The van der Waals surface area contributed by atoms with Gasteiger partial charge in [0.2, 0.25) is 0 Å². The van der Waals surface area contributed by atoms with Gasteiger partial charge in [-0.05, 0) is 29.5 Å². The number of unbranched alkanes of at least 4 members (excludes halogenated alkanes) is 2. The highest BCUT2D eigenvalue weighted by Gasteiger charge is 2.47. The van der Waals surface area contributed by atoms with Gasteiger partial charge in [-0.15, -0.1) is 0 Å². The van der Waals surface area contributed by atoms with Crippen molar-refractivity contribution in [2.45, 2.75) is 39.0 Å². The van der Waals surface area contributed by atoms with Gasteiger partial charge in [0.05, 0.1) is 0 Å². The molecular formula is C21H25NO4. The Labute approximate surface area is 153 Å². The van der Waals surface area contributed by atoms with Crippen LogP contribution in [0.25, 0.3) is 11.1 Å². The average Bonchev–Trinajstić information content (AvgIpc) is 2.67. The normalized spacial score (nSPS) is 13.0. The molecule has 5 heteroatoms. The first-order chi connectivity index (χ1) is 12.5. The molecule has 2 rings (SSSR count). The molecule has 0 saturated carbocycles. The summed E-state index contributed by atoms with van der Waals surface area (Å²) in [6.07, 6.45) is 2.66. The minimum atomic E-state index is -1.65. The maximum atomic E-state index is 12.2. The van der Waals surface area contributed by atoms with Crippen molar-refractivity contribution in [2.75, 3.05) is 0 Å². The maximum absolute atomic E-state index is 12.2. The molecule has 0 heterocycles. The highest BCUT2D eigenvalue weighted by atomic mass is 16.7. The molecule has 5 nitrogen and oxygen atoms in total. The predicted octanol–water partition coefficient (Wildman–Crippen LogP) is 3.96. The van der Waals surface area contributed by atoms with Crippen molar-refractivity contribution in [2.24, 2.45) is 11.3 Å². The molecule has 1 unspecified atom stereocenters. The summed E-state index contributed by atoms with van der Waals surface area (Å²) in [6, 6.07) is 17.4. The van der Waals surface area contributed by atoms with Gasteiger partial charge in [-0.25, -0.2) is 4.79 Å². The van der Waals surface area contributed by atoms with E-state index in [-0.39, 0.29) is 12.8 Å². The van der Waals surface area contributed by atoms with E-state index in [9.17, 15) is 14.7 Å². The van der Waals surface area contributed by atoms with Crippen LogP contribution in [0.15, 0.2) is 54.6 Å². The lowest BCUT2D eigenvalue weighted by Crippen LogP contribution is -2.43. The Morgan fingerprint density at radius 3 is 2.15 bits per heavy atom. The van der Waals surface area contributed by atoms with Crippen LogP contribution < -0.4 is 5.90 Å². The third-order valence-electron chi connectivity index (χ3n) is 4.68. The number of hydrogen-bond acceptors (Lipinski definition) is 4. The summed E-state index contributed by atoms with van der Waals surface area (Å²) in [5.41, 5.74) is 1.21. The van der Waals surface area contributed by atoms with Crippen LogP contribution in [0.2, 0.25) is 0 Å². The number of nitrogens with two attached hydrogens (primary N) is 1. The highest BCUT2D eigenvalue weighted by Crippen LogP contribution is 2.32. The van der Waals surface area contributed by atoms with Gasteiger partial charge in [-0.3, -0.25) is 4.79 Å². The van der Waals surface area contributed by atoms with Crippen LogP contribution >= 0.6 is 0 Å². The van der Waals surface area contributed by atoms with Crippen molar-refractivity contribution in [3.05, 3.63) is 60.2 Å². The van der Waals surface area contributed by atoms with E-state index in [0.717, 1.165) is 29.5 Å². The van der Waals surface area contributed by atoms with Crippen LogP contribution in [-0.2, 0) is 20.8 Å². The molecule has 0 fully saturated rings. The van der Waals surface area contributed by atoms with Crippen molar-refractivity contribution < 1.29 is 19.5 Å². The summed E-state index contributed by atoms with van der Waals surface area (Å²) < 4.78 is 0. The molecule has 0 saturated heterocycles. The Balaban J connectivity index is 2.26. The lowest BCUT2D eigenvalue weighted by Gasteiger charge is -2.26. The first-order valence-electron chi connectivity index (χ1n) is 8.82. The number of benzene rings is 2. The summed E-state index contributed by atoms with van der Waals surface area (Å²) in [4.78, 5) is 28.5. The van der Waals surface area contributed by atoms with E-state index in [1.807, 2.05) is 61.5 Å². The molecule has 0 radical (unpaired) electrons. The molecule has 0 aliphatic carbocycles. The van der Waals surface area contributed by atoms with Crippen molar-refractivity contribution in [3.8, 4) is 11.1 Å². The maximum Gasteiger partial charge on any atom is 0.342 e. The van der Waals surface area contributed by atoms with Gasteiger partial charge >= 0.3 is 11.9 Å². The molecule has 3 N–H and O–H groups in total. The van der Waals surface area contributed by atoms with Gasteiger partial charge in [-0.2, -0.15) is 5.90 Å². The number of carboxylic acid groups (broad SMARTS) is 1. The van der Waals surface area contributed by atoms with Crippen LogP contribution in [-0.4, -0.2) is 17.0 Å². The number of carboxylic acids is 1. The molecule has 0 bridgehead atoms. The SMILES string of the molecule is CCCCCC(Cc1ccc(-c2ccccc2)cc1)(C(=O)O)C(=O)ON. The summed E-state index contributed by atoms with van der Waals surface area (Å²) in [5.74, 6) is 2.95. The third-order valence-corrected chi connectivity index (χ3v) is 4.68. The molecule has 0 aliphatic heterocycles. The number of carbonyl (C=O) groups is 2. The van der Waals surface area contributed by atoms with Crippen molar-refractivity contribution in [1.29, 1.82) is 0 Å². The largest absolute Gasteiger partial charge is 0.480 e. The number of aliphatic carboxylic acids is 1. The molecule has 2 aromatic rings. The monoisotopic (exact) mass is 355 g/mol. The van der Waals surface area contributed by atoms with Crippen LogP contribution in [0, 0.1) is 5.41 Å². The van der Waals surface area contributed by atoms with Crippen LogP contribution in [0.4, 0.5) is 0 Å². The standard InChI is InChI=1S/C21H25NO4/c1-2-3-7-14-21(19(23)24,20(25)26-22)15-16-10-12-18(13-11-16)17-8-5-4-6-9-17/h4-6,8-13H,2-3,7,14-15,22H2,1H3,(H,23,24). The number of rotatable bonds is 9. The minimum absolute atomic E-state index is 0.0527. The quantitative estimate of drug-likeness (QED) is 0.404. The Morgan fingerprint density at radius 2 is 1.62 bits per heavy atom. The van der Waals surface area contributed by atoms with E-state index in [0.29, 0.717) is 6.42 Å². The van der Waals surface area contributed by atoms with Gasteiger partial charge in [0, 0.05) is 0 Å². The van der Waals surface area contributed by atoms with E-state index < -0.39 is 17.4 Å². The second-order valence-corrected chi connectivity index (χ2v) is 6.49. The van der Waals surface area contributed by atoms with Crippen molar-refractivity contribution in [3.63, 3.8) is 0 Å². The molecular weight excluding hydrogens is 330 g/mol. The zero-order valence-corrected chi connectivity index (χ0v) is 15.0. The molecule has 0 spiro atoms. The zero-order valence-electron chi connectivity index (χ0n) is 15.0. The molecule has 2 aromatic carbocycles. The first-order valence-corrected chi connectivity index (χ1v) is 8.82. The van der Waals surface area contributed by atoms with Gasteiger partial charge in [-0.1, -0.05) is 80.8 Å². The van der Waals surface area contributed by atoms with E-state index in [2.05, 4.69) is 4.84 Å². The van der Waals surface area contributed by atoms with Gasteiger partial charge < -0.3 is 9.94 Å². The summed E-state index contributed by atoms with van der Waals surface area (Å²) >= 11 is 0.